The third-order valence-corrected chi connectivity index (χ3v) is 4.05. The molecule has 1 fully saturated rings. The summed E-state index contributed by atoms with van der Waals surface area (Å²) in [6.45, 7) is 3.14. The molecule has 1 saturated heterocycles. The number of carbonyl (C=O) groups is 1. The number of hydrogen-bond donors (Lipinski definition) is 0. The van der Waals surface area contributed by atoms with Gasteiger partial charge in [0.1, 0.15) is 12.4 Å². The van der Waals surface area contributed by atoms with Gasteiger partial charge in [-0.2, -0.15) is 0 Å². The quantitative estimate of drug-likeness (QED) is 0.800. The van der Waals surface area contributed by atoms with Crippen LogP contribution < -0.4 is 4.74 Å². The van der Waals surface area contributed by atoms with Crippen LogP contribution in [0.4, 0.5) is 0 Å². The molecule has 1 aliphatic heterocycles. The van der Waals surface area contributed by atoms with Gasteiger partial charge >= 0.3 is 5.97 Å². The first-order valence-corrected chi connectivity index (χ1v) is 7.65. The predicted octanol–water partition coefficient (Wildman–Crippen LogP) is 3.99. The van der Waals surface area contributed by atoms with Crippen molar-refractivity contribution in [3.05, 3.63) is 65.2 Å². The summed E-state index contributed by atoms with van der Waals surface area (Å²) in [6, 6.07) is 16.3. The van der Waals surface area contributed by atoms with Crippen LogP contribution in [0.2, 0.25) is 0 Å². The molecule has 114 valence electrons. The van der Waals surface area contributed by atoms with Crippen molar-refractivity contribution in [2.24, 2.45) is 0 Å². The van der Waals surface area contributed by atoms with Crippen LogP contribution in [0, 0.1) is 6.92 Å². The highest BCUT2D eigenvalue weighted by molar-refractivity contribution is 5.71. The molecule has 0 aliphatic carbocycles. The molecule has 1 heterocycles. The molecule has 0 aromatic heterocycles. The maximum Gasteiger partial charge on any atom is 0.306 e. The average molecular weight is 296 g/mol. The van der Waals surface area contributed by atoms with E-state index in [4.69, 9.17) is 9.47 Å². The summed E-state index contributed by atoms with van der Waals surface area (Å²) in [7, 11) is 0. The van der Waals surface area contributed by atoms with Crippen molar-refractivity contribution in [2.75, 3.05) is 6.61 Å². The molecule has 3 heteroatoms. The Kier molecular flexibility index (Phi) is 4.42. The molecule has 0 N–H and O–H groups in total. The summed E-state index contributed by atoms with van der Waals surface area (Å²) in [5, 5.41) is 0. The monoisotopic (exact) mass is 296 g/mol. The van der Waals surface area contributed by atoms with E-state index in [1.807, 2.05) is 31.2 Å². The van der Waals surface area contributed by atoms with E-state index in [-0.39, 0.29) is 11.9 Å². The first kappa shape index (κ1) is 14.6. The maximum atomic E-state index is 11.4. The Bertz CT molecular complexity index is 649. The van der Waals surface area contributed by atoms with Crippen LogP contribution in [-0.4, -0.2) is 12.6 Å². The number of ether oxygens (including phenoxy) is 2. The van der Waals surface area contributed by atoms with Crippen LogP contribution in [0.3, 0.4) is 0 Å². The molecule has 0 radical (unpaired) electrons. The molecule has 2 aromatic rings. The lowest BCUT2D eigenvalue weighted by atomic mass is 9.90. The van der Waals surface area contributed by atoms with Crippen LogP contribution >= 0.6 is 0 Å². The number of esters is 1. The Morgan fingerprint density at radius 3 is 2.73 bits per heavy atom. The summed E-state index contributed by atoms with van der Waals surface area (Å²) in [4.78, 5) is 11.4. The molecule has 0 amide bonds. The molecule has 0 saturated carbocycles. The number of benzene rings is 2. The first-order valence-electron chi connectivity index (χ1n) is 7.65. The van der Waals surface area contributed by atoms with Crippen LogP contribution in [0.25, 0.3) is 0 Å². The van der Waals surface area contributed by atoms with Gasteiger partial charge in [0.25, 0.3) is 0 Å². The first-order chi connectivity index (χ1) is 10.7. The molecule has 1 atom stereocenters. The van der Waals surface area contributed by atoms with E-state index in [1.165, 1.54) is 5.56 Å². The highest BCUT2D eigenvalue weighted by Crippen LogP contribution is 2.31. The fraction of sp³-hybridized carbons (Fsp3) is 0.316. The Labute approximate surface area is 130 Å². The molecule has 0 spiro atoms. The number of carbonyl (C=O) groups excluding carboxylic acids is 1. The zero-order chi connectivity index (χ0) is 15.4. The Balaban J connectivity index is 1.68. The average Bonchev–Trinajstić information content (AvgIpc) is 2.54. The van der Waals surface area contributed by atoms with Gasteiger partial charge in [0.05, 0.1) is 13.0 Å². The topological polar surface area (TPSA) is 35.5 Å². The van der Waals surface area contributed by atoms with E-state index in [1.54, 1.807) is 0 Å². The fourth-order valence-electron chi connectivity index (χ4n) is 2.79. The SMILES string of the molecule is Cc1cc([C@@H]2CCOC(=O)C2)ccc1OCc1ccccc1. The van der Waals surface area contributed by atoms with E-state index in [2.05, 4.69) is 24.3 Å². The van der Waals surface area contributed by atoms with E-state index in [0.717, 1.165) is 23.3 Å². The molecule has 0 unspecified atom stereocenters. The van der Waals surface area contributed by atoms with Gasteiger partial charge in [-0.15, -0.1) is 0 Å². The predicted molar refractivity (Wildman–Crippen MR) is 84.9 cm³/mol. The summed E-state index contributed by atoms with van der Waals surface area (Å²) >= 11 is 0. The van der Waals surface area contributed by atoms with Gasteiger partial charge in [0.15, 0.2) is 0 Å². The highest BCUT2D eigenvalue weighted by Gasteiger charge is 2.22. The van der Waals surface area contributed by atoms with E-state index in [9.17, 15) is 4.79 Å². The molecule has 3 nitrogen and oxygen atoms in total. The van der Waals surface area contributed by atoms with Gasteiger partial charge in [-0.25, -0.2) is 0 Å². The van der Waals surface area contributed by atoms with Crippen molar-refractivity contribution in [2.45, 2.75) is 32.3 Å². The van der Waals surface area contributed by atoms with Crippen LogP contribution in [0.15, 0.2) is 48.5 Å². The minimum atomic E-state index is -0.0988. The molecule has 22 heavy (non-hydrogen) atoms. The second-order valence-corrected chi connectivity index (χ2v) is 5.71. The zero-order valence-electron chi connectivity index (χ0n) is 12.7. The lowest BCUT2D eigenvalue weighted by Crippen LogP contribution is -2.19. The molecule has 2 aromatic carbocycles. The number of hydrogen-bond acceptors (Lipinski definition) is 3. The van der Waals surface area contributed by atoms with Gasteiger partial charge < -0.3 is 9.47 Å². The van der Waals surface area contributed by atoms with E-state index < -0.39 is 0 Å². The maximum absolute atomic E-state index is 11.4. The Morgan fingerprint density at radius 2 is 2.00 bits per heavy atom. The van der Waals surface area contributed by atoms with Gasteiger partial charge in [0, 0.05) is 0 Å². The standard InChI is InChI=1S/C19H20O3/c1-14-11-16(17-9-10-21-19(20)12-17)7-8-18(14)22-13-15-5-3-2-4-6-15/h2-8,11,17H,9-10,12-13H2,1H3/t17-/m1/s1. The van der Waals surface area contributed by atoms with Crippen LogP contribution in [0.1, 0.15) is 35.4 Å². The largest absolute Gasteiger partial charge is 0.489 e. The van der Waals surface area contributed by atoms with Gasteiger partial charge in [-0.3, -0.25) is 4.79 Å². The zero-order valence-corrected chi connectivity index (χ0v) is 12.7. The molecular formula is C19H20O3. The summed E-state index contributed by atoms with van der Waals surface area (Å²) in [6.07, 6.45) is 1.37. The molecule has 1 aliphatic rings. The molecule has 0 bridgehead atoms. The highest BCUT2D eigenvalue weighted by atomic mass is 16.5. The Hall–Kier alpha value is -2.29. The minimum Gasteiger partial charge on any atom is -0.489 e. The Morgan fingerprint density at radius 1 is 1.18 bits per heavy atom. The van der Waals surface area contributed by atoms with Crippen LogP contribution in [0.5, 0.6) is 5.75 Å². The molecule has 3 rings (SSSR count). The smallest absolute Gasteiger partial charge is 0.306 e. The lowest BCUT2D eigenvalue weighted by Gasteiger charge is -2.22. The van der Waals surface area contributed by atoms with Gasteiger partial charge in [-0.1, -0.05) is 42.5 Å². The summed E-state index contributed by atoms with van der Waals surface area (Å²) in [5.41, 5.74) is 3.45. The van der Waals surface area contributed by atoms with E-state index in [0.29, 0.717) is 19.6 Å². The third kappa shape index (κ3) is 3.48. The van der Waals surface area contributed by atoms with Crippen molar-refractivity contribution in [1.82, 2.24) is 0 Å². The van der Waals surface area contributed by atoms with Crippen molar-refractivity contribution < 1.29 is 14.3 Å². The van der Waals surface area contributed by atoms with E-state index >= 15 is 0 Å². The lowest BCUT2D eigenvalue weighted by molar-refractivity contribution is -0.147. The fourth-order valence-corrected chi connectivity index (χ4v) is 2.79. The van der Waals surface area contributed by atoms with Crippen molar-refractivity contribution in [3.8, 4) is 5.75 Å². The second kappa shape index (κ2) is 6.65. The van der Waals surface area contributed by atoms with Gasteiger partial charge in [0.2, 0.25) is 0 Å². The van der Waals surface area contributed by atoms with Crippen molar-refractivity contribution in [3.63, 3.8) is 0 Å². The number of rotatable bonds is 4. The number of cyclic esters (lactones) is 1. The third-order valence-electron chi connectivity index (χ3n) is 4.05. The summed E-state index contributed by atoms with van der Waals surface area (Å²) < 4.78 is 10.9. The van der Waals surface area contributed by atoms with Crippen molar-refractivity contribution in [1.29, 1.82) is 0 Å². The van der Waals surface area contributed by atoms with Crippen LogP contribution in [-0.2, 0) is 16.1 Å². The number of aryl methyl sites for hydroxylation is 1. The normalized spacial score (nSPS) is 17.9. The molecular weight excluding hydrogens is 276 g/mol. The van der Waals surface area contributed by atoms with Crippen molar-refractivity contribution >= 4 is 5.97 Å². The summed E-state index contributed by atoms with van der Waals surface area (Å²) in [5.74, 6) is 1.06. The minimum absolute atomic E-state index is 0.0988. The van der Waals surface area contributed by atoms with Gasteiger partial charge in [-0.05, 0) is 42.0 Å². The second-order valence-electron chi connectivity index (χ2n) is 5.71.